The molecule has 0 aromatic heterocycles. The van der Waals surface area contributed by atoms with Gasteiger partial charge in [-0.3, -0.25) is 24.3 Å². The van der Waals surface area contributed by atoms with E-state index in [-0.39, 0.29) is 41.3 Å². The Labute approximate surface area is 227 Å². The number of likely N-dealkylation sites (N-methyl/N-ethyl adjacent to an activating group) is 1. The molecular formula is C28H36FN7O3. The number of aliphatic imine (C=N–C) groups is 2. The molecule has 2 N–H and O–H groups in total. The molecular weight excluding hydrogens is 501 g/mol. The lowest BCUT2D eigenvalue weighted by molar-refractivity contribution is -0.149. The molecule has 208 valence electrons. The minimum absolute atomic E-state index is 0.0316. The molecule has 0 bridgehead atoms. The number of anilines is 1. The molecule has 3 saturated heterocycles. The maximum Gasteiger partial charge on any atom is 0.256 e. The maximum absolute atomic E-state index is 15.1. The summed E-state index contributed by atoms with van der Waals surface area (Å²) >= 11 is 0. The van der Waals surface area contributed by atoms with Crippen molar-refractivity contribution in [1.82, 2.24) is 20.0 Å². The van der Waals surface area contributed by atoms with Crippen molar-refractivity contribution in [1.29, 1.82) is 0 Å². The van der Waals surface area contributed by atoms with E-state index in [4.69, 9.17) is 4.99 Å². The highest BCUT2D eigenvalue weighted by molar-refractivity contribution is 6.18. The number of amides is 3. The van der Waals surface area contributed by atoms with Gasteiger partial charge in [0.15, 0.2) is 0 Å². The van der Waals surface area contributed by atoms with E-state index in [1.807, 2.05) is 14.1 Å². The largest absolute Gasteiger partial charge is 0.355 e. The van der Waals surface area contributed by atoms with Crippen molar-refractivity contribution in [2.45, 2.75) is 57.0 Å². The van der Waals surface area contributed by atoms with Crippen LogP contribution in [0.15, 0.2) is 28.2 Å². The first kappa shape index (κ1) is 25.9. The average molecular weight is 538 g/mol. The van der Waals surface area contributed by atoms with E-state index >= 15 is 4.39 Å². The van der Waals surface area contributed by atoms with E-state index in [1.54, 1.807) is 15.9 Å². The predicted molar refractivity (Wildman–Crippen MR) is 145 cm³/mol. The van der Waals surface area contributed by atoms with Crippen molar-refractivity contribution in [2.75, 3.05) is 45.6 Å². The summed E-state index contributed by atoms with van der Waals surface area (Å²) < 4.78 is 15.1. The molecule has 39 heavy (non-hydrogen) atoms. The number of benzene rings is 1. The summed E-state index contributed by atoms with van der Waals surface area (Å²) in [6.45, 7) is 2.10. The Morgan fingerprint density at radius 2 is 2.00 bits per heavy atom. The average Bonchev–Trinajstić information content (AvgIpc) is 3.68. The third-order valence-corrected chi connectivity index (χ3v) is 9.12. The number of piperidine rings is 1. The molecule has 6 rings (SSSR count). The number of carbonyl (C=O) groups is 3. The molecule has 1 spiro atoms. The summed E-state index contributed by atoms with van der Waals surface area (Å²) in [4.78, 5) is 54.5. The molecule has 1 aromatic carbocycles. The van der Waals surface area contributed by atoms with Gasteiger partial charge in [-0.15, -0.1) is 0 Å². The lowest BCUT2D eigenvalue weighted by atomic mass is 9.72. The van der Waals surface area contributed by atoms with Crippen molar-refractivity contribution in [3.63, 3.8) is 0 Å². The van der Waals surface area contributed by atoms with E-state index in [0.717, 1.165) is 32.1 Å². The van der Waals surface area contributed by atoms with Gasteiger partial charge in [0.2, 0.25) is 17.8 Å². The summed E-state index contributed by atoms with van der Waals surface area (Å²) in [7, 11) is 3.97. The molecule has 5 aliphatic rings. The van der Waals surface area contributed by atoms with Gasteiger partial charge in [0.05, 0.1) is 12.1 Å². The molecule has 3 amide bonds. The van der Waals surface area contributed by atoms with Crippen LogP contribution < -0.4 is 10.6 Å². The van der Waals surface area contributed by atoms with Gasteiger partial charge in [0.25, 0.3) is 5.91 Å². The van der Waals surface area contributed by atoms with Crippen LogP contribution in [0, 0.1) is 17.2 Å². The Bertz CT molecular complexity index is 1260. The Balaban J connectivity index is 1.21. The topological polar surface area (TPSA) is 110 Å². The fourth-order valence-electron chi connectivity index (χ4n) is 6.83. The highest BCUT2D eigenvalue weighted by Crippen LogP contribution is 2.44. The SMILES string of the molecule is CN(C)[C@H]1CCN(C(=O)c2ccc(NC3=NCC4CC5(CCNC5=O)C(=O)N(C5CCCC5)C4=N3)cc2F)C1. The van der Waals surface area contributed by atoms with E-state index in [0.29, 0.717) is 56.5 Å². The summed E-state index contributed by atoms with van der Waals surface area (Å²) in [6, 6.07) is 4.76. The Morgan fingerprint density at radius 1 is 1.21 bits per heavy atom. The number of hydrogen-bond donors (Lipinski definition) is 2. The van der Waals surface area contributed by atoms with E-state index in [2.05, 4.69) is 20.5 Å². The van der Waals surface area contributed by atoms with Crippen LogP contribution >= 0.6 is 0 Å². The third kappa shape index (κ3) is 4.50. The number of rotatable bonds is 4. The minimum Gasteiger partial charge on any atom is -0.355 e. The summed E-state index contributed by atoms with van der Waals surface area (Å²) in [5.74, 6) is -0.399. The van der Waals surface area contributed by atoms with Gasteiger partial charge >= 0.3 is 0 Å². The van der Waals surface area contributed by atoms with Crippen molar-refractivity contribution >= 4 is 35.2 Å². The fourth-order valence-corrected chi connectivity index (χ4v) is 6.83. The van der Waals surface area contributed by atoms with Crippen LogP contribution in [0.4, 0.5) is 10.1 Å². The van der Waals surface area contributed by atoms with Crippen molar-refractivity contribution in [3.05, 3.63) is 29.6 Å². The van der Waals surface area contributed by atoms with Crippen LogP contribution in [-0.4, -0.2) is 96.6 Å². The molecule has 4 aliphatic heterocycles. The smallest absolute Gasteiger partial charge is 0.256 e. The number of hydrogen-bond acceptors (Lipinski definition) is 7. The minimum atomic E-state index is -1.03. The Hall–Kier alpha value is -3.34. The number of likely N-dealkylation sites (tertiary alicyclic amines) is 2. The van der Waals surface area contributed by atoms with Gasteiger partial charge in [-0.25, -0.2) is 4.39 Å². The Morgan fingerprint density at radius 3 is 2.67 bits per heavy atom. The quantitative estimate of drug-likeness (QED) is 0.572. The van der Waals surface area contributed by atoms with Crippen LogP contribution in [0.2, 0.25) is 0 Å². The number of nitrogens with zero attached hydrogens (tertiary/aromatic N) is 5. The van der Waals surface area contributed by atoms with E-state index in [1.165, 1.54) is 12.1 Å². The number of fused-ring (bicyclic) bond motifs is 1. The molecule has 1 aliphatic carbocycles. The van der Waals surface area contributed by atoms with Gasteiger partial charge < -0.3 is 20.4 Å². The summed E-state index contributed by atoms with van der Waals surface area (Å²) in [6.07, 6.45) is 5.65. The lowest BCUT2D eigenvalue weighted by Crippen LogP contribution is -2.61. The van der Waals surface area contributed by atoms with Crippen molar-refractivity contribution < 1.29 is 18.8 Å². The second-order valence-electron chi connectivity index (χ2n) is 11.7. The molecule has 1 saturated carbocycles. The van der Waals surface area contributed by atoms with Gasteiger partial charge in [-0.2, -0.15) is 4.99 Å². The van der Waals surface area contributed by atoms with Crippen LogP contribution in [0.3, 0.4) is 0 Å². The zero-order valence-electron chi connectivity index (χ0n) is 22.6. The van der Waals surface area contributed by atoms with E-state index < -0.39 is 11.2 Å². The zero-order valence-corrected chi connectivity index (χ0v) is 22.6. The predicted octanol–water partition coefficient (Wildman–Crippen LogP) is 2.08. The first-order valence-corrected chi connectivity index (χ1v) is 14.0. The van der Waals surface area contributed by atoms with Crippen LogP contribution in [0.1, 0.15) is 55.3 Å². The molecule has 4 heterocycles. The first-order valence-electron chi connectivity index (χ1n) is 14.0. The maximum atomic E-state index is 15.1. The molecule has 2 unspecified atom stereocenters. The number of nitrogens with one attached hydrogen (secondary N) is 2. The highest BCUT2D eigenvalue weighted by atomic mass is 19.1. The monoisotopic (exact) mass is 537 g/mol. The second kappa shape index (κ2) is 10.0. The molecule has 10 nitrogen and oxygen atoms in total. The van der Waals surface area contributed by atoms with Gasteiger partial charge in [0.1, 0.15) is 17.1 Å². The number of carbonyl (C=O) groups excluding carboxylic acids is 3. The third-order valence-electron chi connectivity index (χ3n) is 9.12. The summed E-state index contributed by atoms with van der Waals surface area (Å²) in [5, 5.41) is 5.94. The molecule has 1 aromatic rings. The van der Waals surface area contributed by atoms with Crippen molar-refractivity contribution in [3.8, 4) is 0 Å². The summed E-state index contributed by atoms with van der Waals surface area (Å²) in [5.41, 5.74) is -0.554. The molecule has 4 fully saturated rings. The van der Waals surface area contributed by atoms with Gasteiger partial charge in [0, 0.05) is 43.3 Å². The van der Waals surface area contributed by atoms with Crippen molar-refractivity contribution in [2.24, 2.45) is 21.3 Å². The Kier molecular flexibility index (Phi) is 6.65. The number of halogens is 1. The highest BCUT2D eigenvalue weighted by Gasteiger charge is 2.58. The second-order valence-corrected chi connectivity index (χ2v) is 11.7. The molecule has 0 radical (unpaired) electrons. The fraction of sp³-hybridized carbons (Fsp3) is 0.607. The van der Waals surface area contributed by atoms with Crippen LogP contribution in [0.5, 0.6) is 0 Å². The molecule has 3 atom stereocenters. The van der Waals surface area contributed by atoms with Gasteiger partial charge in [-0.05, 0) is 64.4 Å². The molecule has 11 heteroatoms. The first-order chi connectivity index (χ1) is 18.8. The zero-order chi connectivity index (χ0) is 27.3. The van der Waals surface area contributed by atoms with E-state index in [9.17, 15) is 14.4 Å². The standard InChI is InChI=1S/C28H36FN7O3/c1-34(2)20-9-12-35(16-20)24(37)21-8-7-18(13-22(21)29)32-27-31-15-17-14-28(10-11-30-25(28)38)26(39)36(23(17)33-27)19-5-3-4-6-19/h7-8,13,17,19-20H,3-6,9-12,14-16H2,1-2H3,(H,30,38)(H,31,32)/t17?,20-,28?/m0/s1. The number of amidine groups is 1. The lowest BCUT2D eigenvalue weighted by Gasteiger charge is -2.45. The normalized spacial score (nSPS) is 29.1. The van der Waals surface area contributed by atoms with Crippen LogP contribution in [-0.2, 0) is 9.59 Å². The van der Waals surface area contributed by atoms with Crippen LogP contribution in [0.25, 0.3) is 0 Å². The van der Waals surface area contributed by atoms with Gasteiger partial charge in [-0.1, -0.05) is 12.8 Å². The number of guanidine groups is 1.